The number of aryl methyl sites for hydroxylation is 1. The highest BCUT2D eigenvalue weighted by Crippen LogP contribution is 2.10. The molecule has 7 heteroatoms. The van der Waals surface area contributed by atoms with Crippen molar-refractivity contribution in [2.75, 3.05) is 26.2 Å². The van der Waals surface area contributed by atoms with Crippen LogP contribution in [0.2, 0.25) is 0 Å². The zero-order valence-electron chi connectivity index (χ0n) is 11.4. The van der Waals surface area contributed by atoms with Crippen molar-refractivity contribution < 1.29 is 14.4 Å². The summed E-state index contributed by atoms with van der Waals surface area (Å²) in [5.74, 6) is 0.600. The summed E-state index contributed by atoms with van der Waals surface area (Å²) in [6.45, 7) is 7.50. The van der Waals surface area contributed by atoms with Gasteiger partial charge in [-0.25, -0.2) is 0 Å². The first-order valence-corrected chi connectivity index (χ1v) is 6.60. The summed E-state index contributed by atoms with van der Waals surface area (Å²) in [5.41, 5.74) is 0. The third kappa shape index (κ3) is 3.51. The Morgan fingerprint density at radius 1 is 1.42 bits per heavy atom. The van der Waals surface area contributed by atoms with Gasteiger partial charge in [-0.3, -0.25) is 14.6 Å². The quantitative estimate of drug-likeness (QED) is 0.818. The standard InChI is InChI=1S/C12H20N4O3/c1-3-10-13-11(19-14-10)8-15-4-6-16(7-5-15)9(2)12(17)18/h9H,3-8H2,1-2H3,(H,17,18). The normalized spacial score (nSPS) is 19.5. The summed E-state index contributed by atoms with van der Waals surface area (Å²) in [6.07, 6.45) is 0.771. The molecule has 1 aliphatic rings. The van der Waals surface area contributed by atoms with Crippen LogP contribution in [0.3, 0.4) is 0 Å². The van der Waals surface area contributed by atoms with Gasteiger partial charge in [0.2, 0.25) is 5.89 Å². The molecule has 1 N–H and O–H groups in total. The van der Waals surface area contributed by atoms with Crippen molar-refractivity contribution in [1.82, 2.24) is 19.9 Å². The van der Waals surface area contributed by atoms with Crippen LogP contribution in [0.15, 0.2) is 4.52 Å². The number of hydrogen-bond acceptors (Lipinski definition) is 6. The van der Waals surface area contributed by atoms with E-state index in [0.717, 1.165) is 38.4 Å². The van der Waals surface area contributed by atoms with Crippen LogP contribution < -0.4 is 0 Å². The number of piperazine rings is 1. The fourth-order valence-electron chi connectivity index (χ4n) is 2.15. The summed E-state index contributed by atoms with van der Waals surface area (Å²) in [4.78, 5) is 19.4. The van der Waals surface area contributed by atoms with Gasteiger partial charge in [0.15, 0.2) is 5.82 Å². The summed E-state index contributed by atoms with van der Waals surface area (Å²) >= 11 is 0. The van der Waals surface area contributed by atoms with Gasteiger partial charge < -0.3 is 9.63 Å². The molecule has 2 heterocycles. The van der Waals surface area contributed by atoms with Gasteiger partial charge in [-0.1, -0.05) is 12.1 Å². The molecule has 2 rings (SSSR count). The monoisotopic (exact) mass is 268 g/mol. The van der Waals surface area contributed by atoms with Crippen LogP contribution in [0.25, 0.3) is 0 Å². The van der Waals surface area contributed by atoms with E-state index in [-0.39, 0.29) is 0 Å². The molecule has 0 saturated carbocycles. The molecule has 0 amide bonds. The minimum atomic E-state index is -0.766. The molecule has 1 unspecified atom stereocenters. The summed E-state index contributed by atoms with van der Waals surface area (Å²) in [6, 6.07) is -0.419. The number of carboxylic acid groups (broad SMARTS) is 1. The van der Waals surface area contributed by atoms with E-state index in [1.807, 2.05) is 11.8 Å². The topological polar surface area (TPSA) is 82.7 Å². The molecule has 1 aliphatic heterocycles. The lowest BCUT2D eigenvalue weighted by molar-refractivity contribution is -0.143. The molecule has 0 spiro atoms. The van der Waals surface area contributed by atoms with Gasteiger partial charge in [0.1, 0.15) is 6.04 Å². The Balaban J connectivity index is 1.81. The molecule has 0 aliphatic carbocycles. The maximum Gasteiger partial charge on any atom is 0.320 e. The lowest BCUT2D eigenvalue weighted by Gasteiger charge is -2.35. The van der Waals surface area contributed by atoms with Crippen LogP contribution in [0.1, 0.15) is 25.6 Å². The van der Waals surface area contributed by atoms with Gasteiger partial charge in [0, 0.05) is 32.6 Å². The van der Waals surface area contributed by atoms with Crippen LogP contribution in [0.4, 0.5) is 0 Å². The number of carboxylic acids is 1. The Bertz CT molecular complexity index is 426. The van der Waals surface area contributed by atoms with Gasteiger partial charge in [0.25, 0.3) is 0 Å². The van der Waals surface area contributed by atoms with Crippen molar-refractivity contribution in [2.45, 2.75) is 32.9 Å². The molecule has 1 saturated heterocycles. The van der Waals surface area contributed by atoms with Crippen LogP contribution in [0, 0.1) is 0 Å². The van der Waals surface area contributed by atoms with E-state index in [0.29, 0.717) is 12.4 Å². The molecular weight excluding hydrogens is 248 g/mol. The number of nitrogens with zero attached hydrogens (tertiary/aromatic N) is 4. The highest BCUT2D eigenvalue weighted by molar-refractivity contribution is 5.72. The van der Waals surface area contributed by atoms with Crippen molar-refractivity contribution in [2.24, 2.45) is 0 Å². The van der Waals surface area contributed by atoms with E-state index >= 15 is 0 Å². The van der Waals surface area contributed by atoms with Gasteiger partial charge in [-0.2, -0.15) is 4.98 Å². The third-order valence-electron chi connectivity index (χ3n) is 3.50. The maximum absolute atomic E-state index is 10.9. The Morgan fingerprint density at radius 2 is 2.11 bits per heavy atom. The third-order valence-corrected chi connectivity index (χ3v) is 3.50. The average molecular weight is 268 g/mol. The first-order valence-electron chi connectivity index (χ1n) is 6.60. The Morgan fingerprint density at radius 3 is 2.63 bits per heavy atom. The minimum Gasteiger partial charge on any atom is -0.480 e. The lowest BCUT2D eigenvalue weighted by atomic mass is 10.2. The maximum atomic E-state index is 10.9. The summed E-state index contributed by atoms with van der Waals surface area (Å²) in [5, 5.41) is 12.8. The second-order valence-electron chi connectivity index (χ2n) is 4.78. The number of carbonyl (C=O) groups is 1. The fourth-order valence-corrected chi connectivity index (χ4v) is 2.15. The van der Waals surface area contributed by atoms with Crippen molar-refractivity contribution in [3.8, 4) is 0 Å². The van der Waals surface area contributed by atoms with Crippen molar-refractivity contribution in [1.29, 1.82) is 0 Å². The predicted molar refractivity (Wildman–Crippen MR) is 67.6 cm³/mol. The fraction of sp³-hybridized carbons (Fsp3) is 0.750. The van der Waals surface area contributed by atoms with E-state index in [9.17, 15) is 4.79 Å². The van der Waals surface area contributed by atoms with E-state index in [1.54, 1.807) is 6.92 Å². The predicted octanol–water partition coefficient (Wildman–Crippen LogP) is 0.223. The van der Waals surface area contributed by atoms with E-state index in [2.05, 4.69) is 15.0 Å². The number of aliphatic carboxylic acids is 1. The second-order valence-corrected chi connectivity index (χ2v) is 4.78. The van der Waals surface area contributed by atoms with Crippen molar-refractivity contribution in [3.63, 3.8) is 0 Å². The molecule has 106 valence electrons. The molecule has 1 aromatic rings. The lowest BCUT2D eigenvalue weighted by Crippen LogP contribution is -2.51. The Labute approximate surface area is 112 Å². The zero-order valence-corrected chi connectivity index (χ0v) is 11.4. The van der Waals surface area contributed by atoms with Gasteiger partial charge in [-0.05, 0) is 6.92 Å². The first-order chi connectivity index (χ1) is 9.10. The molecule has 0 radical (unpaired) electrons. The molecule has 0 bridgehead atoms. The van der Waals surface area contributed by atoms with Crippen LogP contribution in [0.5, 0.6) is 0 Å². The molecule has 7 nitrogen and oxygen atoms in total. The van der Waals surface area contributed by atoms with E-state index < -0.39 is 12.0 Å². The molecule has 19 heavy (non-hydrogen) atoms. The van der Waals surface area contributed by atoms with Crippen LogP contribution >= 0.6 is 0 Å². The molecular formula is C12H20N4O3. The smallest absolute Gasteiger partial charge is 0.320 e. The highest BCUT2D eigenvalue weighted by Gasteiger charge is 2.25. The summed E-state index contributed by atoms with van der Waals surface area (Å²) in [7, 11) is 0. The average Bonchev–Trinajstić information content (AvgIpc) is 2.86. The molecule has 1 fully saturated rings. The van der Waals surface area contributed by atoms with Crippen LogP contribution in [-0.4, -0.2) is 63.2 Å². The first kappa shape index (κ1) is 14.0. The molecule has 1 aromatic heterocycles. The van der Waals surface area contributed by atoms with E-state index in [1.165, 1.54) is 0 Å². The summed E-state index contributed by atoms with van der Waals surface area (Å²) < 4.78 is 5.16. The van der Waals surface area contributed by atoms with Gasteiger partial charge in [0.05, 0.1) is 6.54 Å². The Kier molecular flexibility index (Phi) is 4.49. The SMILES string of the molecule is CCc1noc(CN2CCN(C(C)C(=O)O)CC2)n1. The largest absolute Gasteiger partial charge is 0.480 e. The number of rotatable bonds is 5. The van der Waals surface area contributed by atoms with Gasteiger partial charge >= 0.3 is 5.97 Å². The van der Waals surface area contributed by atoms with Crippen LogP contribution in [-0.2, 0) is 17.8 Å². The zero-order chi connectivity index (χ0) is 13.8. The number of hydrogen-bond donors (Lipinski definition) is 1. The minimum absolute atomic E-state index is 0.419. The number of aromatic nitrogens is 2. The molecule has 0 aromatic carbocycles. The van der Waals surface area contributed by atoms with Gasteiger partial charge in [-0.15, -0.1) is 0 Å². The Hall–Kier alpha value is -1.47. The van der Waals surface area contributed by atoms with Crippen molar-refractivity contribution >= 4 is 5.97 Å². The molecule has 1 atom stereocenters. The van der Waals surface area contributed by atoms with Crippen molar-refractivity contribution in [3.05, 3.63) is 11.7 Å². The highest BCUT2D eigenvalue weighted by atomic mass is 16.5. The van der Waals surface area contributed by atoms with E-state index in [4.69, 9.17) is 9.63 Å². The second kappa shape index (κ2) is 6.12.